The normalized spacial score (nSPS) is 9.81. The van der Waals surface area contributed by atoms with Crippen molar-refractivity contribution in [2.24, 2.45) is 0 Å². The van der Waals surface area contributed by atoms with E-state index >= 15 is 0 Å². The Labute approximate surface area is 95.9 Å². The van der Waals surface area contributed by atoms with Crippen molar-refractivity contribution in [3.8, 4) is 0 Å². The van der Waals surface area contributed by atoms with Crippen LogP contribution >= 0.6 is 0 Å². The standard InChI is InChI=1S/C13H17NO2/c1-2-12(14)8-9-13(15)16-10-11-6-4-3-5-7-11/h3-7,14H,2,8-10H2,1H3. The van der Waals surface area contributed by atoms with Crippen LogP contribution in [0.4, 0.5) is 0 Å². The van der Waals surface area contributed by atoms with Crippen LogP contribution in [0.5, 0.6) is 0 Å². The molecule has 0 saturated heterocycles. The van der Waals surface area contributed by atoms with Crippen molar-refractivity contribution in [3.05, 3.63) is 35.9 Å². The van der Waals surface area contributed by atoms with Gasteiger partial charge in [-0.1, -0.05) is 37.3 Å². The number of esters is 1. The van der Waals surface area contributed by atoms with Crippen LogP contribution in [0.15, 0.2) is 30.3 Å². The minimum atomic E-state index is -0.234. The highest BCUT2D eigenvalue weighted by molar-refractivity contribution is 5.84. The van der Waals surface area contributed by atoms with Gasteiger partial charge in [0.15, 0.2) is 0 Å². The topological polar surface area (TPSA) is 50.2 Å². The van der Waals surface area contributed by atoms with Crippen LogP contribution in [0, 0.1) is 5.41 Å². The molecule has 0 fully saturated rings. The van der Waals surface area contributed by atoms with Gasteiger partial charge in [-0.25, -0.2) is 0 Å². The summed E-state index contributed by atoms with van der Waals surface area (Å²) in [5, 5.41) is 7.42. The fourth-order valence-corrected chi connectivity index (χ4v) is 1.24. The summed E-state index contributed by atoms with van der Waals surface area (Å²) in [4.78, 5) is 11.3. The average molecular weight is 219 g/mol. The summed E-state index contributed by atoms with van der Waals surface area (Å²) in [6.45, 7) is 2.23. The van der Waals surface area contributed by atoms with Gasteiger partial charge in [0.05, 0.1) is 6.42 Å². The highest BCUT2D eigenvalue weighted by Crippen LogP contribution is 2.03. The van der Waals surface area contributed by atoms with Crippen molar-refractivity contribution in [1.82, 2.24) is 0 Å². The number of carbonyl (C=O) groups excluding carboxylic acids is 1. The molecular formula is C13H17NO2. The van der Waals surface area contributed by atoms with E-state index in [0.717, 1.165) is 5.56 Å². The summed E-state index contributed by atoms with van der Waals surface area (Å²) in [5.41, 5.74) is 1.58. The van der Waals surface area contributed by atoms with E-state index < -0.39 is 0 Å². The lowest BCUT2D eigenvalue weighted by Gasteiger charge is -2.04. The molecule has 0 saturated carbocycles. The molecule has 16 heavy (non-hydrogen) atoms. The van der Waals surface area contributed by atoms with Crippen molar-refractivity contribution in [1.29, 1.82) is 5.41 Å². The molecule has 0 spiro atoms. The lowest BCUT2D eigenvalue weighted by atomic mass is 10.2. The largest absolute Gasteiger partial charge is 0.461 e. The molecule has 86 valence electrons. The molecule has 1 aromatic carbocycles. The van der Waals surface area contributed by atoms with Crippen LogP contribution in [0.1, 0.15) is 31.7 Å². The second-order valence-corrected chi connectivity index (χ2v) is 3.60. The lowest BCUT2D eigenvalue weighted by molar-refractivity contribution is -0.144. The van der Waals surface area contributed by atoms with E-state index in [4.69, 9.17) is 10.1 Å². The van der Waals surface area contributed by atoms with E-state index in [0.29, 0.717) is 31.6 Å². The van der Waals surface area contributed by atoms with Crippen LogP contribution in [-0.4, -0.2) is 11.7 Å². The first-order valence-corrected chi connectivity index (χ1v) is 5.48. The van der Waals surface area contributed by atoms with Crippen molar-refractivity contribution < 1.29 is 9.53 Å². The third-order valence-electron chi connectivity index (χ3n) is 2.30. The Morgan fingerprint density at radius 3 is 2.56 bits per heavy atom. The van der Waals surface area contributed by atoms with Crippen LogP contribution < -0.4 is 0 Å². The molecule has 3 heteroatoms. The molecule has 0 unspecified atom stereocenters. The molecule has 1 aromatic rings. The lowest BCUT2D eigenvalue weighted by Crippen LogP contribution is -2.07. The molecule has 0 amide bonds. The number of hydrogen-bond acceptors (Lipinski definition) is 3. The summed E-state index contributed by atoms with van der Waals surface area (Å²) in [6, 6.07) is 9.59. The molecule has 1 rings (SSSR count). The number of nitrogens with one attached hydrogen (secondary N) is 1. The zero-order chi connectivity index (χ0) is 11.8. The van der Waals surface area contributed by atoms with Gasteiger partial charge in [-0.2, -0.15) is 0 Å². The highest BCUT2D eigenvalue weighted by atomic mass is 16.5. The van der Waals surface area contributed by atoms with E-state index in [1.54, 1.807) is 0 Å². The molecule has 0 bridgehead atoms. The Bertz CT molecular complexity index is 346. The second-order valence-electron chi connectivity index (χ2n) is 3.60. The van der Waals surface area contributed by atoms with Crippen LogP contribution in [0.3, 0.4) is 0 Å². The fourth-order valence-electron chi connectivity index (χ4n) is 1.24. The first kappa shape index (κ1) is 12.4. The van der Waals surface area contributed by atoms with Gasteiger partial charge in [-0.3, -0.25) is 4.79 Å². The van der Waals surface area contributed by atoms with Gasteiger partial charge in [0.1, 0.15) is 6.61 Å². The number of benzene rings is 1. The first-order chi connectivity index (χ1) is 7.72. The molecule has 0 aliphatic rings. The van der Waals surface area contributed by atoms with E-state index in [1.807, 2.05) is 37.3 Å². The Kier molecular flexibility index (Phi) is 5.26. The second kappa shape index (κ2) is 6.77. The van der Waals surface area contributed by atoms with Gasteiger partial charge in [-0.15, -0.1) is 0 Å². The molecule has 0 aliphatic heterocycles. The van der Waals surface area contributed by atoms with Gasteiger partial charge in [0, 0.05) is 5.71 Å². The smallest absolute Gasteiger partial charge is 0.306 e. The summed E-state index contributed by atoms with van der Waals surface area (Å²) in [6.07, 6.45) is 1.51. The zero-order valence-corrected chi connectivity index (χ0v) is 9.53. The predicted octanol–water partition coefficient (Wildman–Crippen LogP) is 2.94. The van der Waals surface area contributed by atoms with Gasteiger partial charge in [0.2, 0.25) is 0 Å². The summed E-state index contributed by atoms with van der Waals surface area (Å²) in [5.74, 6) is -0.234. The van der Waals surface area contributed by atoms with Gasteiger partial charge >= 0.3 is 5.97 Å². The van der Waals surface area contributed by atoms with E-state index in [9.17, 15) is 4.79 Å². The number of carbonyl (C=O) groups is 1. The molecule has 3 nitrogen and oxygen atoms in total. The maximum absolute atomic E-state index is 11.3. The third kappa shape index (κ3) is 4.73. The minimum Gasteiger partial charge on any atom is -0.461 e. The predicted molar refractivity (Wildman–Crippen MR) is 63.5 cm³/mol. The van der Waals surface area contributed by atoms with E-state index in [1.165, 1.54) is 0 Å². The van der Waals surface area contributed by atoms with Gasteiger partial charge < -0.3 is 10.1 Å². The summed E-state index contributed by atoms with van der Waals surface area (Å²) >= 11 is 0. The maximum atomic E-state index is 11.3. The number of hydrogen-bond donors (Lipinski definition) is 1. The molecular weight excluding hydrogens is 202 g/mol. The van der Waals surface area contributed by atoms with Crippen LogP contribution in [-0.2, 0) is 16.1 Å². The van der Waals surface area contributed by atoms with Crippen molar-refractivity contribution in [2.45, 2.75) is 32.8 Å². The Morgan fingerprint density at radius 2 is 1.94 bits per heavy atom. The monoisotopic (exact) mass is 219 g/mol. The van der Waals surface area contributed by atoms with Crippen LogP contribution in [0.25, 0.3) is 0 Å². The highest BCUT2D eigenvalue weighted by Gasteiger charge is 2.04. The molecule has 0 aromatic heterocycles. The minimum absolute atomic E-state index is 0.234. The van der Waals surface area contributed by atoms with Gasteiger partial charge in [0.25, 0.3) is 0 Å². The van der Waals surface area contributed by atoms with Gasteiger partial charge in [-0.05, 0) is 18.4 Å². The fraction of sp³-hybridized carbons (Fsp3) is 0.385. The third-order valence-corrected chi connectivity index (χ3v) is 2.30. The van der Waals surface area contributed by atoms with Crippen molar-refractivity contribution in [3.63, 3.8) is 0 Å². The summed E-state index contributed by atoms with van der Waals surface area (Å²) in [7, 11) is 0. The SMILES string of the molecule is CCC(=N)CCC(=O)OCc1ccccc1. The number of rotatable bonds is 6. The Hall–Kier alpha value is -1.64. The molecule has 1 N–H and O–H groups in total. The Balaban J connectivity index is 2.23. The average Bonchev–Trinajstić information content (AvgIpc) is 2.34. The Morgan fingerprint density at radius 1 is 1.25 bits per heavy atom. The van der Waals surface area contributed by atoms with Crippen molar-refractivity contribution in [2.75, 3.05) is 0 Å². The molecule has 0 atom stereocenters. The van der Waals surface area contributed by atoms with E-state index in [2.05, 4.69) is 0 Å². The molecule has 0 heterocycles. The van der Waals surface area contributed by atoms with E-state index in [-0.39, 0.29) is 5.97 Å². The quantitative estimate of drug-likeness (QED) is 0.590. The first-order valence-electron chi connectivity index (χ1n) is 5.48. The van der Waals surface area contributed by atoms with Crippen molar-refractivity contribution >= 4 is 11.7 Å². The van der Waals surface area contributed by atoms with Crippen LogP contribution in [0.2, 0.25) is 0 Å². The molecule has 0 radical (unpaired) electrons. The maximum Gasteiger partial charge on any atom is 0.306 e. The summed E-state index contributed by atoms with van der Waals surface area (Å²) < 4.78 is 5.09. The number of ether oxygens (including phenoxy) is 1. The molecule has 0 aliphatic carbocycles. The zero-order valence-electron chi connectivity index (χ0n) is 9.53.